The summed E-state index contributed by atoms with van der Waals surface area (Å²) in [4.78, 5) is 28.9. The van der Waals surface area contributed by atoms with E-state index in [1.54, 1.807) is 41.4 Å². The number of aromatic nitrogens is 5. The van der Waals surface area contributed by atoms with Crippen molar-refractivity contribution in [3.05, 3.63) is 88.6 Å². The Hall–Kier alpha value is -4.59. The predicted octanol–water partition coefficient (Wildman–Crippen LogP) is 3.89. The van der Waals surface area contributed by atoms with Crippen LogP contribution in [0.15, 0.2) is 71.9 Å². The zero-order valence-electron chi connectivity index (χ0n) is 23.8. The molecule has 0 amide bonds. The molecule has 1 saturated heterocycles. The number of likely N-dealkylation sites (tertiary alicyclic amines) is 1. The van der Waals surface area contributed by atoms with Crippen molar-refractivity contribution in [3.63, 3.8) is 0 Å². The van der Waals surface area contributed by atoms with Crippen molar-refractivity contribution < 1.29 is 9.84 Å². The zero-order valence-corrected chi connectivity index (χ0v) is 23.8. The fourth-order valence-electron chi connectivity index (χ4n) is 5.57. The van der Waals surface area contributed by atoms with Gasteiger partial charge in [0.25, 0.3) is 5.56 Å². The average Bonchev–Trinajstić information content (AvgIpc) is 3.36. The molecule has 0 atom stereocenters. The molecule has 0 spiro atoms. The van der Waals surface area contributed by atoms with Crippen LogP contribution in [0.4, 0.5) is 0 Å². The fraction of sp³-hybridized carbons (Fsp3) is 0.344. The Kier molecular flexibility index (Phi) is 7.45. The highest BCUT2D eigenvalue weighted by atomic mass is 16.5. The standard InChI is InChI=1S/C32H33N7O3/c1-32(2,41)21-37-11-8-22(9-12-37)20-42-26-17-34-30(35-18-26)25-5-3-4-24(14-25)19-39-29(40)10-13-38-28-15-23(16-33)6-7-27(28)36-31(38)39/h3-7,10,13-15,17-18,22,41H,8-9,11-12,19-21H2,1-2H3. The second-order valence-corrected chi connectivity index (χ2v) is 11.6. The number of nitrogens with zero attached hydrogens (tertiary/aromatic N) is 7. The van der Waals surface area contributed by atoms with E-state index in [1.807, 2.05) is 42.5 Å². The predicted molar refractivity (Wildman–Crippen MR) is 159 cm³/mol. The summed E-state index contributed by atoms with van der Waals surface area (Å²) in [6, 6.07) is 16.8. The van der Waals surface area contributed by atoms with Crippen LogP contribution in [0.1, 0.15) is 37.8 Å². The van der Waals surface area contributed by atoms with Gasteiger partial charge in [0.2, 0.25) is 5.78 Å². The van der Waals surface area contributed by atoms with E-state index in [-0.39, 0.29) is 5.56 Å². The summed E-state index contributed by atoms with van der Waals surface area (Å²) in [7, 11) is 0. The van der Waals surface area contributed by atoms with Gasteiger partial charge >= 0.3 is 0 Å². The molecule has 1 aliphatic rings. The maximum absolute atomic E-state index is 12.9. The second-order valence-electron chi connectivity index (χ2n) is 11.6. The third-order valence-corrected chi connectivity index (χ3v) is 7.63. The topological polar surface area (TPSA) is 122 Å². The van der Waals surface area contributed by atoms with Gasteiger partial charge in [0.1, 0.15) is 0 Å². The number of benzene rings is 2. The lowest BCUT2D eigenvalue weighted by atomic mass is 9.96. The van der Waals surface area contributed by atoms with Crippen molar-refractivity contribution in [1.29, 1.82) is 5.26 Å². The molecule has 0 radical (unpaired) electrons. The van der Waals surface area contributed by atoms with Crippen LogP contribution >= 0.6 is 0 Å². The van der Waals surface area contributed by atoms with Crippen molar-refractivity contribution in [2.24, 2.45) is 5.92 Å². The molecule has 10 nitrogen and oxygen atoms in total. The Balaban J connectivity index is 1.13. The van der Waals surface area contributed by atoms with E-state index in [2.05, 4.69) is 25.9 Å². The Morgan fingerprint density at radius 1 is 1.10 bits per heavy atom. The summed E-state index contributed by atoms with van der Waals surface area (Å²) < 4.78 is 9.47. The number of ether oxygens (including phenoxy) is 1. The number of nitriles is 1. The van der Waals surface area contributed by atoms with Gasteiger partial charge in [0, 0.05) is 24.4 Å². The molecule has 214 valence electrons. The number of hydrogen-bond donors (Lipinski definition) is 1. The van der Waals surface area contributed by atoms with Gasteiger partial charge in [0.15, 0.2) is 11.6 Å². The Bertz CT molecular complexity index is 1820. The lowest BCUT2D eigenvalue weighted by molar-refractivity contribution is 0.0212. The van der Waals surface area contributed by atoms with E-state index in [4.69, 9.17) is 4.74 Å². The normalized spacial score (nSPS) is 14.8. The van der Waals surface area contributed by atoms with Crippen LogP contribution in [-0.2, 0) is 6.54 Å². The van der Waals surface area contributed by atoms with E-state index in [1.165, 1.54) is 6.07 Å². The molecule has 10 heteroatoms. The van der Waals surface area contributed by atoms with Crippen molar-refractivity contribution in [2.75, 3.05) is 26.2 Å². The Labute approximate surface area is 243 Å². The SMILES string of the molecule is CC(C)(O)CN1CCC(COc2cnc(-c3cccc(Cn4c(=O)ccn5c6cc(C#N)ccc6nc45)c3)nc2)CC1. The van der Waals surface area contributed by atoms with Crippen LogP contribution in [0.5, 0.6) is 5.75 Å². The van der Waals surface area contributed by atoms with Crippen molar-refractivity contribution >= 4 is 16.8 Å². The largest absolute Gasteiger partial charge is 0.490 e. The van der Waals surface area contributed by atoms with Crippen LogP contribution < -0.4 is 10.3 Å². The minimum atomic E-state index is -0.674. The first-order valence-corrected chi connectivity index (χ1v) is 14.2. The monoisotopic (exact) mass is 563 g/mol. The first-order valence-electron chi connectivity index (χ1n) is 14.2. The maximum Gasteiger partial charge on any atom is 0.255 e. The van der Waals surface area contributed by atoms with E-state index >= 15 is 0 Å². The summed E-state index contributed by atoms with van der Waals surface area (Å²) in [5.41, 5.74) is 2.94. The summed E-state index contributed by atoms with van der Waals surface area (Å²) in [6.07, 6.45) is 7.17. The number of aliphatic hydroxyl groups is 1. The zero-order chi connectivity index (χ0) is 29.3. The first-order chi connectivity index (χ1) is 20.3. The van der Waals surface area contributed by atoms with Gasteiger partial charge in [-0.2, -0.15) is 5.26 Å². The molecule has 4 heterocycles. The molecule has 6 rings (SSSR count). The van der Waals surface area contributed by atoms with Gasteiger partial charge in [-0.25, -0.2) is 15.0 Å². The average molecular weight is 564 g/mol. The third-order valence-electron chi connectivity index (χ3n) is 7.63. The highest BCUT2D eigenvalue weighted by Crippen LogP contribution is 2.23. The van der Waals surface area contributed by atoms with Gasteiger partial charge in [-0.3, -0.25) is 13.8 Å². The van der Waals surface area contributed by atoms with Crippen molar-refractivity contribution in [2.45, 2.75) is 38.8 Å². The van der Waals surface area contributed by atoms with Crippen molar-refractivity contribution in [3.8, 4) is 23.2 Å². The van der Waals surface area contributed by atoms with Gasteiger partial charge in [0.05, 0.1) is 53.8 Å². The number of piperidine rings is 1. The van der Waals surface area contributed by atoms with E-state index in [0.29, 0.717) is 54.0 Å². The number of rotatable bonds is 8. The number of imidazole rings is 1. The summed E-state index contributed by atoms with van der Waals surface area (Å²) in [5, 5.41) is 19.4. The van der Waals surface area contributed by atoms with E-state index < -0.39 is 5.60 Å². The van der Waals surface area contributed by atoms with E-state index in [0.717, 1.165) is 42.6 Å². The molecule has 1 aliphatic heterocycles. The maximum atomic E-state index is 12.9. The highest BCUT2D eigenvalue weighted by Gasteiger charge is 2.24. The molecule has 1 N–H and O–H groups in total. The Morgan fingerprint density at radius 2 is 1.88 bits per heavy atom. The molecule has 0 aliphatic carbocycles. The first kappa shape index (κ1) is 27.6. The quantitative estimate of drug-likeness (QED) is 0.302. The summed E-state index contributed by atoms with van der Waals surface area (Å²) in [5.74, 6) is 2.19. The van der Waals surface area contributed by atoms with Crippen LogP contribution in [0.25, 0.3) is 28.2 Å². The summed E-state index contributed by atoms with van der Waals surface area (Å²) >= 11 is 0. The smallest absolute Gasteiger partial charge is 0.255 e. The van der Waals surface area contributed by atoms with Gasteiger partial charge in [-0.1, -0.05) is 18.2 Å². The molecule has 0 bridgehead atoms. The molecular weight excluding hydrogens is 530 g/mol. The van der Waals surface area contributed by atoms with Crippen molar-refractivity contribution in [1.82, 2.24) is 28.8 Å². The molecule has 3 aromatic heterocycles. The minimum Gasteiger partial charge on any atom is -0.490 e. The summed E-state index contributed by atoms with van der Waals surface area (Å²) in [6.45, 7) is 7.25. The lowest BCUT2D eigenvalue weighted by Gasteiger charge is -2.35. The highest BCUT2D eigenvalue weighted by molar-refractivity contribution is 5.81. The van der Waals surface area contributed by atoms with Crippen LogP contribution in [0, 0.1) is 17.2 Å². The molecule has 2 aromatic carbocycles. The fourth-order valence-corrected chi connectivity index (χ4v) is 5.57. The van der Waals surface area contributed by atoms with Gasteiger partial charge < -0.3 is 14.7 Å². The molecule has 1 fully saturated rings. The molecule has 5 aromatic rings. The Morgan fingerprint density at radius 3 is 2.62 bits per heavy atom. The molecule has 0 unspecified atom stereocenters. The molecule has 42 heavy (non-hydrogen) atoms. The number of fused-ring (bicyclic) bond motifs is 3. The molecule has 0 saturated carbocycles. The van der Waals surface area contributed by atoms with Gasteiger partial charge in [-0.05, 0) is 75.5 Å². The van der Waals surface area contributed by atoms with E-state index in [9.17, 15) is 15.2 Å². The number of hydrogen-bond acceptors (Lipinski definition) is 8. The van der Waals surface area contributed by atoms with Crippen LogP contribution in [0.3, 0.4) is 0 Å². The minimum absolute atomic E-state index is 0.163. The van der Waals surface area contributed by atoms with Gasteiger partial charge in [-0.15, -0.1) is 0 Å². The van der Waals surface area contributed by atoms with Crippen LogP contribution in [-0.4, -0.2) is 65.8 Å². The van der Waals surface area contributed by atoms with Crippen LogP contribution in [0.2, 0.25) is 0 Å². The second kappa shape index (κ2) is 11.4. The lowest BCUT2D eigenvalue weighted by Crippen LogP contribution is -2.43. The number of β-amino-alcohol motifs (C(OH)–C–C–N with tert-alkyl or cyclic N) is 1. The molecular formula is C32H33N7O3. The third kappa shape index (κ3) is 6.03.